The summed E-state index contributed by atoms with van der Waals surface area (Å²) in [6, 6.07) is 18.7. The Morgan fingerprint density at radius 1 is 0.941 bits per heavy atom. The van der Waals surface area contributed by atoms with E-state index >= 15 is 0 Å². The minimum Gasteiger partial charge on any atom is -0.507 e. The number of ketones is 1. The maximum absolute atomic E-state index is 13.2. The van der Waals surface area contributed by atoms with Crippen LogP contribution in [0.2, 0.25) is 5.02 Å². The monoisotopic (exact) mass is 477 g/mol. The van der Waals surface area contributed by atoms with Crippen LogP contribution in [0, 0.1) is 0 Å². The number of methoxy groups -OCH3 is 2. The SMILES string of the molecule is COC(=O)c1ccc(N2C(=O)C(=O)/C(=C(\O)c3ccc(Cl)c(OC)c3)C2c2ccccc2)cc1. The summed E-state index contributed by atoms with van der Waals surface area (Å²) in [5, 5.41) is 11.5. The van der Waals surface area contributed by atoms with Crippen LogP contribution in [0.4, 0.5) is 5.69 Å². The van der Waals surface area contributed by atoms with E-state index in [1.807, 2.05) is 6.07 Å². The summed E-state index contributed by atoms with van der Waals surface area (Å²) in [7, 11) is 2.71. The molecule has 1 heterocycles. The van der Waals surface area contributed by atoms with Crippen molar-refractivity contribution in [2.24, 2.45) is 0 Å². The van der Waals surface area contributed by atoms with Crippen LogP contribution in [-0.2, 0) is 14.3 Å². The molecule has 1 unspecified atom stereocenters. The molecule has 8 heteroatoms. The van der Waals surface area contributed by atoms with Gasteiger partial charge < -0.3 is 14.6 Å². The van der Waals surface area contributed by atoms with E-state index in [4.69, 9.17) is 21.1 Å². The number of Topliss-reactive ketones (excluding diaryl/α,β-unsaturated/α-hetero) is 1. The maximum Gasteiger partial charge on any atom is 0.337 e. The molecule has 1 amide bonds. The summed E-state index contributed by atoms with van der Waals surface area (Å²) in [5.74, 6) is -2.20. The first-order chi connectivity index (χ1) is 16.4. The van der Waals surface area contributed by atoms with Crippen molar-refractivity contribution in [1.82, 2.24) is 0 Å². The molecule has 0 bridgehead atoms. The third kappa shape index (κ3) is 4.02. The van der Waals surface area contributed by atoms with Crippen molar-refractivity contribution < 1.29 is 29.0 Å². The summed E-state index contributed by atoms with van der Waals surface area (Å²) in [4.78, 5) is 39.5. The van der Waals surface area contributed by atoms with Crippen molar-refractivity contribution in [2.45, 2.75) is 6.04 Å². The Bertz CT molecular complexity index is 1300. The number of nitrogens with zero attached hydrogens (tertiary/aromatic N) is 1. The van der Waals surface area contributed by atoms with Gasteiger partial charge in [0.05, 0.1) is 36.4 Å². The Kier molecular flexibility index (Phi) is 6.38. The number of carbonyl (C=O) groups is 3. The predicted molar refractivity (Wildman–Crippen MR) is 127 cm³/mol. The van der Waals surface area contributed by atoms with Gasteiger partial charge in [-0.3, -0.25) is 14.5 Å². The van der Waals surface area contributed by atoms with E-state index in [9.17, 15) is 19.5 Å². The quantitative estimate of drug-likeness (QED) is 0.246. The van der Waals surface area contributed by atoms with E-state index in [-0.39, 0.29) is 16.9 Å². The highest BCUT2D eigenvalue weighted by Crippen LogP contribution is 2.42. The van der Waals surface area contributed by atoms with Crippen LogP contribution in [0.5, 0.6) is 5.75 Å². The third-order valence-corrected chi connectivity index (χ3v) is 5.86. The zero-order valence-corrected chi connectivity index (χ0v) is 19.1. The number of benzene rings is 3. The summed E-state index contributed by atoms with van der Waals surface area (Å²) >= 11 is 6.10. The molecule has 4 rings (SSSR count). The van der Waals surface area contributed by atoms with Gasteiger partial charge in [0.2, 0.25) is 0 Å². The van der Waals surface area contributed by atoms with Crippen molar-refractivity contribution >= 4 is 40.7 Å². The number of rotatable bonds is 5. The number of esters is 1. The summed E-state index contributed by atoms with van der Waals surface area (Å²) in [6.45, 7) is 0. The Labute approximate surface area is 200 Å². The first kappa shape index (κ1) is 23.1. The standard InChI is InChI=1S/C26H20ClNO6/c1-33-20-14-17(10-13-19(20)27)23(29)21-22(15-6-4-3-5-7-15)28(25(31)24(21)30)18-11-8-16(9-12-18)26(32)34-2/h3-14,22,29H,1-2H3/b23-21-. The van der Waals surface area contributed by atoms with E-state index in [2.05, 4.69) is 0 Å². The summed E-state index contributed by atoms with van der Waals surface area (Å²) < 4.78 is 9.94. The van der Waals surface area contributed by atoms with Gasteiger partial charge in [0.1, 0.15) is 11.5 Å². The van der Waals surface area contributed by atoms with Crippen molar-refractivity contribution in [3.05, 3.63) is 100 Å². The largest absolute Gasteiger partial charge is 0.507 e. The third-order valence-electron chi connectivity index (χ3n) is 5.55. The number of hydrogen-bond donors (Lipinski definition) is 1. The summed E-state index contributed by atoms with van der Waals surface area (Å²) in [5.41, 5.74) is 1.52. The number of anilines is 1. The van der Waals surface area contributed by atoms with E-state index in [1.54, 1.807) is 42.5 Å². The fraction of sp³-hybridized carbons (Fsp3) is 0.115. The van der Waals surface area contributed by atoms with Crippen LogP contribution in [0.1, 0.15) is 27.5 Å². The lowest BCUT2D eigenvalue weighted by atomic mass is 9.95. The van der Waals surface area contributed by atoms with Crippen LogP contribution in [0.15, 0.2) is 78.4 Å². The smallest absolute Gasteiger partial charge is 0.337 e. The maximum atomic E-state index is 13.2. The van der Waals surface area contributed by atoms with E-state index < -0.39 is 23.7 Å². The van der Waals surface area contributed by atoms with E-state index in [1.165, 1.54) is 43.4 Å². The number of halogens is 1. The van der Waals surface area contributed by atoms with Crippen molar-refractivity contribution in [2.75, 3.05) is 19.1 Å². The molecule has 3 aromatic carbocycles. The van der Waals surface area contributed by atoms with E-state index in [0.717, 1.165) is 0 Å². The van der Waals surface area contributed by atoms with Gasteiger partial charge in [-0.25, -0.2) is 4.79 Å². The molecule has 0 saturated carbocycles. The Morgan fingerprint density at radius 2 is 1.59 bits per heavy atom. The van der Waals surface area contributed by atoms with E-state index in [0.29, 0.717) is 27.6 Å². The van der Waals surface area contributed by atoms with Crippen LogP contribution in [-0.4, -0.2) is 37.0 Å². The van der Waals surface area contributed by atoms with Crippen LogP contribution >= 0.6 is 11.6 Å². The van der Waals surface area contributed by atoms with Crippen LogP contribution in [0.3, 0.4) is 0 Å². The first-order valence-corrected chi connectivity index (χ1v) is 10.6. The first-order valence-electron chi connectivity index (χ1n) is 10.3. The Morgan fingerprint density at radius 3 is 2.21 bits per heavy atom. The average Bonchev–Trinajstić information content (AvgIpc) is 3.14. The molecule has 3 aromatic rings. The molecule has 1 atom stereocenters. The normalized spacial score (nSPS) is 17.0. The molecule has 1 aliphatic rings. The average molecular weight is 478 g/mol. The molecule has 34 heavy (non-hydrogen) atoms. The van der Waals surface area contributed by atoms with Gasteiger partial charge in [-0.2, -0.15) is 0 Å². The highest BCUT2D eigenvalue weighted by molar-refractivity contribution is 6.51. The Hall–Kier alpha value is -4.10. The van der Waals surface area contributed by atoms with Gasteiger partial charge in [-0.05, 0) is 48.0 Å². The molecule has 0 aromatic heterocycles. The highest BCUT2D eigenvalue weighted by Gasteiger charge is 2.47. The molecule has 0 spiro atoms. The van der Waals surface area contributed by atoms with Gasteiger partial charge in [-0.15, -0.1) is 0 Å². The molecule has 172 valence electrons. The second kappa shape index (κ2) is 9.41. The lowest BCUT2D eigenvalue weighted by molar-refractivity contribution is -0.132. The zero-order chi connectivity index (χ0) is 24.4. The Balaban J connectivity index is 1.89. The van der Waals surface area contributed by atoms with Crippen molar-refractivity contribution in [3.8, 4) is 5.75 Å². The van der Waals surface area contributed by atoms with Gasteiger partial charge >= 0.3 is 5.97 Å². The van der Waals surface area contributed by atoms with Gasteiger partial charge in [0, 0.05) is 11.3 Å². The number of carbonyl (C=O) groups excluding carboxylic acids is 3. The van der Waals surface area contributed by atoms with Gasteiger partial charge in [0.25, 0.3) is 11.7 Å². The molecule has 1 fully saturated rings. The zero-order valence-electron chi connectivity index (χ0n) is 18.3. The highest BCUT2D eigenvalue weighted by atomic mass is 35.5. The predicted octanol–water partition coefficient (Wildman–Crippen LogP) is 4.76. The van der Waals surface area contributed by atoms with Crippen molar-refractivity contribution in [1.29, 1.82) is 0 Å². The fourth-order valence-corrected chi connectivity index (χ4v) is 4.08. The molecular weight excluding hydrogens is 458 g/mol. The number of ether oxygens (including phenoxy) is 2. The minimum absolute atomic E-state index is 0.0716. The molecule has 7 nitrogen and oxygen atoms in total. The topological polar surface area (TPSA) is 93.1 Å². The van der Waals surface area contributed by atoms with Crippen molar-refractivity contribution in [3.63, 3.8) is 0 Å². The molecule has 0 aliphatic carbocycles. The lowest BCUT2D eigenvalue weighted by Gasteiger charge is -2.25. The number of aliphatic hydroxyl groups excluding tert-OH is 1. The van der Waals surface area contributed by atoms with Gasteiger partial charge in [0.15, 0.2) is 0 Å². The number of aliphatic hydroxyl groups is 1. The lowest BCUT2D eigenvalue weighted by Crippen LogP contribution is -2.29. The fourth-order valence-electron chi connectivity index (χ4n) is 3.89. The molecule has 1 aliphatic heterocycles. The number of hydrogen-bond acceptors (Lipinski definition) is 6. The number of amides is 1. The molecule has 0 radical (unpaired) electrons. The second-order valence-electron chi connectivity index (χ2n) is 7.47. The molecule has 1 saturated heterocycles. The molecule has 1 N–H and O–H groups in total. The molecular formula is C26H20ClNO6. The van der Waals surface area contributed by atoms with Gasteiger partial charge in [-0.1, -0.05) is 41.9 Å². The summed E-state index contributed by atoms with van der Waals surface area (Å²) in [6.07, 6.45) is 0. The van der Waals surface area contributed by atoms with Crippen LogP contribution < -0.4 is 9.64 Å². The van der Waals surface area contributed by atoms with Crippen LogP contribution in [0.25, 0.3) is 5.76 Å². The second-order valence-corrected chi connectivity index (χ2v) is 7.87. The minimum atomic E-state index is -0.896.